The lowest BCUT2D eigenvalue weighted by Gasteiger charge is -2.35. The summed E-state index contributed by atoms with van der Waals surface area (Å²) in [6.07, 6.45) is 0. The van der Waals surface area contributed by atoms with E-state index >= 15 is 0 Å². The van der Waals surface area contributed by atoms with Crippen LogP contribution in [0.4, 0.5) is 4.39 Å². The number of aromatic hydroxyl groups is 1. The van der Waals surface area contributed by atoms with Gasteiger partial charge in [-0.1, -0.05) is 6.07 Å². The Morgan fingerprint density at radius 1 is 1.19 bits per heavy atom. The summed E-state index contributed by atoms with van der Waals surface area (Å²) in [6, 6.07) is 6.83. The first-order valence-electron chi connectivity index (χ1n) is 6.71. The predicted octanol–water partition coefficient (Wildman–Crippen LogP) is 3.01. The maximum Gasteiger partial charge on any atom is 0.165 e. The molecule has 1 aliphatic heterocycles. The van der Waals surface area contributed by atoms with Crippen molar-refractivity contribution in [2.75, 3.05) is 26.2 Å². The predicted molar refractivity (Wildman–Crippen MR) is 85.9 cm³/mol. The molecule has 1 fully saturated rings. The van der Waals surface area contributed by atoms with Gasteiger partial charge in [0, 0.05) is 26.2 Å². The Balaban J connectivity index is 0.00000161. The fraction of sp³-hybridized carbons (Fsp3) is 0.333. The Hall–Kier alpha value is -1.14. The second-order valence-corrected chi connectivity index (χ2v) is 5.74. The van der Waals surface area contributed by atoms with Gasteiger partial charge in [-0.3, -0.25) is 4.90 Å². The van der Waals surface area contributed by atoms with Crippen molar-refractivity contribution >= 4 is 23.7 Å². The molecule has 1 aromatic carbocycles. The fourth-order valence-electron chi connectivity index (χ4n) is 2.68. The highest BCUT2D eigenvalue weighted by molar-refractivity contribution is 7.08. The molecule has 3 nitrogen and oxygen atoms in total. The van der Waals surface area contributed by atoms with Gasteiger partial charge in [-0.05, 0) is 40.1 Å². The largest absolute Gasteiger partial charge is 0.505 e. The second-order valence-electron chi connectivity index (χ2n) is 4.96. The third-order valence-electron chi connectivity index (χ3n) is 3.66. The Bertz CT molecular complexity index is 573. The molecule has 1 aromatic heterocycles. The molecule has 1 atom stereocenters. The zero-order valence-electron chi connectivity index (χ0n) is 11.5. The van der Waals surface area contributed by atoms with E-state index in [0.29, 0.717) is 0 Å². The lowest BCUT2D eigenvalue weighted by molar-refractivity contribution is 0.198. The first kappa shape index (κ1) is 16.2. The average Bonchev–Trinajstić information content (AvgIpc) is 2.98. The van der Waals surface area contributed by atoms with Crippen LogP contribution in [0.25, 0.3) is 0 Å². The number of benzene rings is 1. The maximum absolute atomic E-state index is 13.7. The van der Waals surface area contributed by atoms with Gasteiger partial charge in [0.2, 0.25) is 0 Å². The third-order valence-corrected chi connectivity index (χ3v) is 4.36. The average molecular weight is 329 g/mol. The summed E-state index contributed by atoms with van der Waals surface area (Å²) >= 11 is 1.65. The topological polar surface area (TPSA) is 35.5 Å². The molecule has 6 heteroatoms. The molecular weight excluding hydrogens is 311 g/mol. The highest BCUT2D eigenvalue weighted by atomic mass is 35.5. The Morgan fingerprint density at radius 3 is 2.57 bits per heavy atom. The number of thiophene rings is 1. The molecule has 0 unspecified atom stereocenters. The molecule has 0 amide bonds. The number of rotatable bonds is 3. The first-order chi connectivity index (χ1) is 9.75. The minimum absolute atomic E-state index is 0. The van der Waals surface area contributed by atoms with Crippen LogP contribution in [-0.2, 0) is 0 Å². The minimum atomic E-state index is -0.558. The van der Waals surface area contributed by atoms with E-state index in [1.165, 1.54) is 17.7 Å². The summed E-state index contributed by atoms with van der Waals surface area (Å²) in [5, 5.41) is 16.9. The number of piperazine rings is 1. The second kappa shape index (κ2) is 7.22. The zero-order chi connectivity index (χ0) is 13.9. The van der Waals surface area contributed by atoms with Crippen LogP contribution in [0.15, 0.2) is 35.0 Å². The van der Waals surface area contributed by atoms with Gasteiger partial charge in [0.15, 0.2) is 11.6 Å². The van der Waals surface area contributed by atoms with E-state index < -0.39 is 5.82 Å². The van der Waals surface area contributed by atoms with Crippen LogP contribution in [0.1, 0.15) is 17.2 Å². The van der Waals surface area contributed by atoms with Gasteiger partial charge in [0.25, 0.3) is 0 Å². The number of nitrogens with one attached hydrogen (secondary N) is 1. The van der Waals surface area contributed by atoms with E-state index in [1.807, 2.05) is 11.4 Å². The molecule has 0 saturated carbocycles. The molecule has 21 heavy (non-hydrogen) atoms. The lowest BCUT2D eigenvalue weighted by Crippen LogP contribution is -2.45. The van der Waals surface area contributed by atoms with Crippen molar-refractivity contribution in [3.8, 4) is 5.75 Å². The molecule has 2 N–H and O–H groups in total. The van der Waals surface area contributed by atoms with E-state index in [0.717, 1.165) is 31.7 Å². The van der Waals surface area contributed by atoms with Crippen molar-refractivity contribution in [2.45, 2.75) is 6.04 Å². The smallest absolute Gasteiger partial charge is 0.165 e. The van der Waals surface area contributed by atoms with Crippen molar-refractivity contribution in [1.82, 2.24) is 10.2 Å². The maximum atomic E-state index is 13.7. The highest BCUT2D eigenvalue weighted by Gasteiger charge is 2.24. The first-order valence-corrected chi connectivity index (χ1v) is 7.65. The molecule has 0 bridgehead atoms. The van der Waals surface area contributed by atoms with Gasteiger partial charge in [-0.2, -0.15) is 11.3 Å². The summed E-state index contributed by atoms with van der Waals surface area (Å²) < 4.78 is 13.7. The summed E-state index contributed by atoms with van der Waals surface area (Å²) in [5.74, 6) is -0.851. The SMILES string of the molecule is Cl.Oc1ccc([C@@H](c2ccsc2)N2CCNCC2)cc1F. The number of halogens is 2. The summed E-state index contributed by atoms with van der Waals surface area (Å²) in [4.78, 5) is 2.35. The molecule has 0 aliphatic carbocycles. The number of nitrogens with zero attached hydrogens (tertiary/aromatic N) is 1. The van der Waals surface area contributed by atoms with Crippen LogP contribution in [0.3, 0.4) is 0 Å². The van der Waals surface area contributed by atoms with Gasteiger partial charge < -0.3 is 10.4 Å². The molecule has 1 saturated heterocycles. The van der Waals surface area contributed by atoms with Gasteiger partial charge in [-0.15, -0.1) is 12.4 Å². The quantitative estimate of drug-likeness (QED) is 0.909. The van der Waals surface area contributed by atoms with E-state index in [2.05, 4.69) is 21.7 Å². The molecule has 114 valence electrons. The van der Waals surface area contributed by atoms with E-state index in [9.17, 15) is 9.50 Å². The zero-order valence-corrected chi connectivity index (χ0v) is 13.1. The number of hydrogen-bond donors (Lipinski definition) is 2. The summed E-state index contributed by atoms with van der Waals surface area (Å²) in [5.41, 5.74) is 2.07. The molecule has 1 aliphatic rings. The normalized spacial score (nSPS) is 17.2. The highest BCUT2D eigenvalue weighted by Crippen LogP contribution is 2.32. The molecule has 0 spiro atoms. The fourth-order valence-corrected chi connectivity index (χ4v) is 3.36. The Kier molecular flexibility index (Phi) is 5.58. The molecular formula is C15H18ClFN2OS. The van der Waals surface area contributed by atoms with E-state index in [-0.39, 0.29) is 24.2 Å². The van der Waals surface area contributed by atoms with Crippen LogP contribution in [-0.4, -0.2) is 36.2 Å². The van der Waals surface area contributed by atoms with E-state index in [1.54, 1.807) is 11.3 Å². The van der Waals surface area contributed by atoms with Crippen LogP contribution in [0.5, 0.6) is 5.75 Å². The van der Waals surface area contributed by atoms with Crippen LogP contribution in [0.2, 0.25) is 0 Å². The van der Waals surface area contributed by atoms with Gasteiger partial charge in [-0.25, -0.2) is 4.39 Å². The summed E-state index contributed by atoms with van der Waals surface area (Å²) in [7, 11) is 0. The number of hydrogen-bond acceptors (Lipinski definition) is 4. The van der Waals surface area contributed by atoms with Crippen molar-refractivity contribution in [3.63, 3.8) is 0 Å². The number of phenolic OH excluding ortho intramolecular Hbond substituents is 1. The Morgan fingerprint density at radius 2 is 1.95 bits per heavy atom. The third kappa shape index (κ3) is 3.55. The van der Waals surface area contributed by atoms with Crippen LogP contribution in [0, 0.1) is 5.82 Å². The molecule has 2 aromatic rings. The van der Waals surface area contributed by atoms with Crippen molar-refractivity contribution < 1.29 is 9.50 Å². The standard InChI is InChI=1S/C15H17FN2OS.ClH/c16-13-9-11(1-2-14(13)19)15(12-3-8-20-10-12)18-6-4-17-5-7-18;/h1-3,8-10,15,17,19H,4-7H2;1H/t15-;/m0./s1. The van der Waals surface area contributed by atoms with Crippen molar-refractivity contribution in [1.29, 1.82) is 0 Å². The summed E-state index contributed by atoms with van der Waals surface area (Å²) in [6.45, 7) is 3.76. The number of phenols is 1. The van der Waals surface area contributed by atoms with Gasteiger partial charge in [0.05, 0.1) is 6.04 Å². The van der Waals surface area contributed by atoms with Crippen LogP contribution < -0.4 is 5.32 Å². The molecule has 3 rings (SSSR count). The van der Waals surface area contributed by atoms with Crippen LogP contribution >= 0.6 is 23.7 Å². The lowest BCUT2D eigenvalue weighted by atomic mass is 9.98. The van der Waals surface area contributed by atoms with Crippen molar-refractivity contribution in [2.24, 2.45) is 0 Å². The van der Waals surface area contributed by atoms with Crippen molar-refractivity contribution in [3.05, 3.63) is 52.0 Å². The van der Waals surface area contributed by atoms with Gasteiger partial charge in [0.1, 0.15) is 0 Å². The molecule has 0 radical (unpaired) electrons. The Labute approximate surface area is 133 Å². The van der Waals surface area contributed by atoms with E-state index in [4.69, 9.17) is 0 Å². The van der Waals surface area contributed by atoms with Gasteiger partial charge >= 0.3 is 0 Å². The minimum Gasteiger partial charge on any atom is -0.505 e. The molecule has 2 heterocycles. The monoisotopic (exact) mass is 328 g/mol.